The molecule has 1 aromatic heterocycles. The molecule has 6 nitrogen and oxygen atoms in total. The molecule has 8 heteroatoms. The minimum absolute atomic E-state index is 0.0559. The number of aromatic nitrogens is 1. The van der Waals surface area contributed by atoms with Crippen LogP contribution in [0.5, 0.6) is 0 Å². The molecule has 23 heavy (non-hydrogen) atoms. The highest BCUT2D eigenvalue weighted by Gasteiger charge is 2.13. The van der Waals surface area contributed by atoms with Crippen LogP contribution in [-0.4, -0.2) is 18.0 Å². The lowest BCUT2D eigenvalue weighted by Crippen LogP contribution is -2.21. The van der Waals surface area contributed by atoms with Gasteiger partial charge in [-0.1, -0.05) is 17.7 Å². The molecule has 1 heterocycles. The Morgan fingerprint density at radius 1 is 1.43 bits per heavy atom. The average molecular weight is 335 g/mol. The molecule has 0 atom stereocenters. The summed E-state index contributed by atoms with van der Waals surface area (Å²) in [6.07, 6.45) is 0. The third-order valence-corrected chi connectivity index (χ3v) is 3.29. The van der Waals surface area contributed by atoms with Crippen LogP contribution in [0.15, 0.2) is 24.3 Å². The molecule has 0 aliphatic heterocycles. The van der Waals surface area contributed by atoms with Gasteiger partial charge in [0.2, 0.25) is 0 Å². The average Bonchev–Trinajstić information content (AvgIpc) is 2.52. The number of amides is 1. The van der Waals surface area contributed by atoms with E-state index in [9.17, 15) is 9.18 Å². The van der Waals surface area contributed by atoms with E-state index in [1.807, 2.05) is 0 Å². The van der Waals surface area contributed by atoms with E-state index in [0.29, 0.717) is 11.3 Å². The molecule has 0 spiro atoms. The van der Waals surface area contributed by atoms with E-state index in [1.165, 1.54) is 13.2 Å². The SMILES string of the molecule is CONC(=O)c1ccc(C)c(Nc2nc(Cl)c(C#N)cc2F)c1. The van der Waals surface area contributed by atoms with E-state index in [2.05, 4.69) is 20.6 Å². The summed E-state index contributed by atoms with van der Waals surface area (Å²) in [6.45, 7) is 1.78. The molecule has 0 saturated carbocycles. The van der Waals surface area contributed by atoms with Gasteiger partial charge in [-0.05, 0) is 30.7 Å². The zero-order valence-corrected chi connectivity index (χ0v) is 13.0. The van der Waals surface area contributed by atoms with Crippen LogP contribution in [0.25, 0.3) is 0 Å². The summed E-state index contributed by atoms with van der Waals surface area (Å²) < 4.78 is 14.0. The molecule has 0 fully saturated rings. The van der Waals surface area contributed by atoms with Gasteiger partial charge in [-0.15, -0.1) is 0 Å². The van der Waals surface area contributed by atoms with Crippen molar-refractivity contribution in [1.29, 1.82) is 5.26 Å². The molecule has 0 unspecified atom stereocenters. The Labute approximate surface area is 136 Å². The van der Waals surface area contributed by atoms with Crippen molar-refractivity contribution in [3.8, 4) is 6.07 Å². The highest BCUT2D eigenvalue weighted by atomic mass is 35.5. The summed E-state index contributed by atoms with van der Waals surface area (Å²) >= 11 is 5.81. The Bertz CT molecular complexity index is 805. The maximum absolute atomic E-state index is 14.0. The molecule has 2 N–H and O–H groups in total. The Morgan fingerprint density at radius 3 is 2.83 bits per heavy atom. The van der Waals surface area contributed by atoms with E-state index >= 15 is 0 Å². The van der Waals surface area contributed by atoms with Crippen molar-refractivity contribution in [3.63, 3.8) is 0 Å². The number of nitrogens with one attached hydrogen (secondary N) is 2. The number of halogens is 2. The van der Waals surface area contributed by atoms with Gasteiger partial charge in [0, 0.05) is 11.3 Å². The fourth-order valence-corrected chi connectivity index (χ4v) is 1.99. The van der Waals surface area contributed by atoms with Crippen LogP contribution in [0, 0.1) is 24.1 Å². The zero-order valence-electron chi connectivity index (χ0n) is 12.3. The molecule has 118 valence electrons. The molecule has 1 amide bonds. The second-order valence-electron chi connectivity index (χ2n) is 4.56. The molecule has 0 radical (unpaired) electrons. The summed E-state index contributed by atoms with van der Waals surface area (Å²) in [6, 6.07) is 7.56. The minimum atomic E-state index is -0.725. The van der Waals surface area contributed by atoms with E-state index < -0.39 is 11.7 Å². The van der Waals surface area contributed by atoms with Crippen LogP contribution in [0.2, 0.25) is 5.15 Å². The van der Waals surface area contributed by atoms with Gasteiger partial charge in [0.05, 0.1) is 12.7 Å². The summed E-state index contributed by atoms with van der Waals surface area (Å²) in [5, 5.41) is 11.5. The van der Waals surface area contributed by atoms with Gasteiger partial charge in [0.1, 0.15) is 11.2 Å². The van der Waals surface area contributed by atoms with E-state index in [4.69, 9.17) is 16.9 Å². The second kappa shape index (κ2) is 7.05. The Morgan fingerprint density at radius 2 is 2.17 bits per heavy atom. The zero-order chi connectivity index (χ0) is 17.0. The molecule has 1 aromatic carbocycles. The Balaban J connectivity index is 2.37. The number of pyridine rings is 1. The van der Waals surface area contributed by atoms with Crippen molar-refractivity contribution in [2.24, 2.45) is 0 Å². The highest BCUT2D eigenvalue weighted by molar-refractivity contribution is 6.30. The topological polar surface area (TPSA) is 87.0 Å². The van der Waals surface area contributed by atoms with Crippen LogP contribution in [0.3, 0.4) is 0 Å². The molecular weight excluding hydrogens is 323 g/mol. The number of carbonyl (C=O) groups is 1. The summed E-state index contributed by atoms with van der Waals surface area (Å²) in [5.41, 5.74) is 3.70. The third kappa shape index (κ3) is 3.74. The van der Waals surface area contributed by atoms with Gasteiger partial charge in [-0.3, -0.25) is 9.63 Å². The minimum Gasteiger partial charge on any atom is -0.337 e. The lowest BCUT2D eigenvalue weighted by molar-refractivity contribution is 0.0537. The molecule has 2 rings (SSSR count). The largest absolute Gasteiger partial charge is 0.337 e. The fourth-order valence-electron chi connectivity index (χ4n) is 1.81. The smallest absolute Gasteiger partial charge is 0.274 e. The van der Waals surface area contributed by atoms with Crippen LogP contribution in [0.1, 0.15) is 21.5 Å². The molecule has 0 saturated heterocycles. The van der Waals surface area contributed by atoms with E-state index in [1.54, 1.807) is 25.1 Å². The monoisotopic (exact) mass is 334 g/mol. The number of aryl methyl sites for hydroxylation is 1. The van der Waals surface area contributed by atoms with Crippen LogP contribution >= 0.6 is 11.6 Å². The predicted octanol–water partition coefficient (Wildman–Crippen LogP) is 3.09. The maximum Gasteiger partial charge on any atom is 0.274 e. The number of hydroxylamine groups is 1. The number of benzene rings is 1. The quantitative estimate of drug-likeness (QED) is 0.662. The second-order valence-corrected chi connectivity index (χ2v) is 4.92. The van der Waals surface area contributed by atoms with Crippen LogP contribution in [0.4, 0.5) is 15.9 Å². The van der Waals surface area contributed by atoms with Crippen molar-refractivity contribution in [2.45, 2.75) is 6.92 Å². The summed E-state index contributed by atoms with van der Waals surface area (Å²) in [7, 11) is 1.32. The lowest BCUT2D eigenvalue weighted by atomic mass is 10.1. The Kier molecular flexibility index (Phi) is 5.11. The molecule has 2 aromatic rings. The normalized spacial score (nSPS) is 10.0. The molecule has 0 bridgehead atoms. The van der Waals surface area contributed by atoms with Crippen LogP contribution < -0.4 is 10.8 Å². The number of anilines is 2. The van der Waals surface area contributed by atoms with Crippen molar-refractivity contribution in [1.82, 2.24) is 10.5 Å². The van der Waals surface area contributed by atoms with Gasteiger partial charge < -0.3 is 5.32 Å². The van der Waals surface area contributed by atoms with Crippen molar-refractivity contribution >= 4 is 29.0 Å². The lowest BCUT2D eigenvalue weighted by Gasteiger charge is -2.12. The Hall–Kier alpha value is -2.69. The number of nitriles is 1. The van der Waals surface area contributed by atoms with Crippen molar-refractivity contribution < 1.29 is 14.0 Å². The number of nitrogens with zero attached hydrogens (tertiary/aromatic N) is 2. The first-order valence-corrected chi connectivity index (χ1v) is 6.81. The van der Waals surface area contributed by atoms with Gasteiger partial charge in [0.25, 0.3) is 5.91 Å². The number of carbonyl (C=O) groups excluding carboxylic acids is 1. The van der Waals surface area contributed by atoms with E-state index in [0.717, 1.165) is 11.6 Å². The first kappa shape index (κ1) is 16.7. The van der Waals surface area contributed by atoms with Gasteiger partial charge in [0.15, 0.2) is 11.6 Å². The maximum atomic E-state index is 14.0. The van der Waals surface area contributed by atoms with Crippen molar-refractivity contribution in [2.75, 3.05) is 12.4 Å². The third-order valence-electron chi connectivity index (χ3n) is 3.00. The molecule has 0 aliphatic rings. The van der Waals surface area contributed by atoms with Crippen LogP contribution in [-0.2, 0) is 4.84 Å². The first-order valence-electron chi connectivity index (χ1n) is 6.43. The summed E-state index contributed by atoms with van der Waals surface area (Å²) in [5.74, 6) is -1.31. The van der Waals surface area contributed by atoms with Gasteiger partial charge in [-0.25, -0.2) is 14.9 Å². The van der Waals surface area contributed by atoms with E-state index in [-0.39, 0.29) is 16.5 Å². The molecular formula is C15H12ClFN4O2. The van der Waals surface area contributed by atoms with Crippen molar-refractivity contribution in [3.05, 3.63) is 51.9 Å². The number of hydrogen-bond donors (Lipinski definition) is 2. The standard InChI is InChI=1S/C15H12ClFN4O2/c1-8-3-4-9(15(22)21-23-2)6-12(8)19-14-11(17)5-10(7-18)13(16)20-14/h3-6H,1-2H3,(H,19,20)(H,21,22). The van der Waals surface area contributed by atoms with Gasteiger partial charge in [-0.2, -0.15) is 5.26 Å². The predicted molar refractivity (Wildman–Crippen MR) is 82.9 cm³/mol. The molecule has 0 aliphatic carbocycles. The summed E-state index contributed by atoms with van der Waals surface area (Å²) in [4.78, 5) is 20.1. The number of rotatable bonds is 4. The fraction of sp³-hybridized carbons (Fsp3) is 0.133. The number of hydrogen-bond acceptors (Lipinski definition) is 5. The van der Waals surface area contributed by atoms with Gasteiger partial charge >= 0.3 is 0 Å². The highest BCUT2D eigenvalue weighted by Crippen LogP contribution is 2.25. The first-order chi connectivity index (χ1) is 11.0.